The Bertz CT molecular complexity index is 785. The topological polar surface area (TPSA) is 74.8 Å². The summed E-state index contributed by atoms with van der Waals surface area (Å²) in [6.07, 6.45) is 0.767. The van der Waals surface area contributed by atoms with E-state index in [4.69, 9.17) is 0 Å². The second kappa shape index (κ2) is 5.06. The Morgan fingerprint density at radius 2 is 1.83 bits per heavy atom. The van der Waals surface area contributed by atoms with Gasteiger partial charge >= 0.3 is 6.03 Å². The minimum atomic E-state index is -4.17. The van der Waals surface area contributed by atoms with Crippen LogP contribution < -0.4 is 0 Å². The predicted octanol–water partition coefficient (Wildman–Crippen LogP) is 2.14. The van der Waals surface area contributed by atoms with Gasteiger partial charge in [-0.15, -0.1) is 0 Å². The number of sulfonamides is 1. The Labute approximate surface area is 136 Å². The van der Waals surface area contributed by atoms with E-state index in [9.17, 15) is 18.0 Å². The number of amides is 3. The van der Waals surface area contributed by atoms with Crippen LogP contribution in [0.15, 0.2) is 29.2 Å². The summed E-state index contributed by atoms with van der Waals surface area (Å²) in [4.78, 5) is 26.6. The van der Waals surface area contributed by atoms with E-state index in [1.165, 1.54) is 11.0 Å². The van der Waals surface area contributed by atoms with Crippen LogP contribution in [0.5, 0.6) is 0 Å². The molecule has 1 unspecified atom stereocenters. The fraction of sp³-hybridized carbons (Fsp3) is 0.500. The van der Waals surface area contributed by atoms with Gasteiger partial charge in [-0.2, -0.15) is 4.31 Å². The molecule has 0 aromatic heterocycles. The Morgan fingerprint density at radius 1 is 1.17 bits per heavy atom. The van der Waals surface area contributed by atoms with Crippen LogP contribution in [0.3, 0.4) is 0 Å². The van der Waals surface area contributed by atoms with Crippen LogP contribution in [-0.2, 0) is 14.8 Å². The second-order valence-electron chi connectivity index (χ2n) is 7.07. The van der Waals surface area contributed by atoms with E-state index in [0.29, 0.717) is 22.8 Å². The maximum Gasteiger partial charge on any atom is 0.341 e. The monoisotopic (exact) mass is 336 g/mol. The Morgan fingerprint density at radius 3 is 2.48 bits per heavy atom. The maximum absolute atomic E-state index is 12.8. The van der Waals surface area contributed by atoms with Crippen molar-refractivity contribution in [3.05, 3.63) is 29.8 Å². The van der Waals surface area contributed by atoms with Crippen molar-refractivity contribution < 1.29 is 18.0 Å². The highest BCUT2D eigenvalue weighted by atomic mass is 32.2. The fourth-order valence-electron chi connectivity index (χ4n) is 3.50. The van der Waals surface area contributed by atoms with Crippen molar-refractivity contribution in [3.8, 4) is 0 Å². The van der Waals surface area contributed by atoms with Crippen LogP contribution in [0, 0.1) is 12.3 Å². The van der Waals surface area contributed by atoms with E-state index in [1.54, 1.807) is 25.1 Å². The standard InChI is InChI=1S/C16H20N2O4S/c1-11-6-4-5-7-13(11)23(21,22)18-14(19)8-12-9-16(2,3)10-17(12)15(18)20/h4-7,12H,8-10H2,1-3H3. The minimum absolute atomic E-state index is 0.00129. The minimum Gasteiger partial charge on any atom is -0.319 e. The zero-order chi connectivity index (χ0) is 17.0. The van der Waals surface area contributed by atoms with Crippen LogP contribution >= 0.6 is 0 Å². The third-order valence-electron chi connectivity index (χ3n) is 4.50. The lowest BCUT2D eigenvalue weighted by Crippen LogP contribution is -2.56. The van der Waals surface area contributed by atoms with Crippen molar-refractivity contribution in [1.29, 1.82) is 0 Å². The molecule has 0 spiro atoms. The van der Waals surface area contributed by atoms with Gasteiger partial charge in [0, 0.05) is 19.0 Å². The number of benzene rings is 1. The Hall–Kier alpha value is -1.89. The summed E-state index contributed by atoms with van der Waals surface area (Å²) in [7, 11) is -4.17. The van der Waals surface area contributed by atoms with Crippen molar-refractivity contribution in [3.63, 3.8) is 0 Å². The zero-order valence-corrected chi connectivity index (χ0v) is 14.3. The van der Waals surface area contributed by atoms with Gasteiger partial charge in [0.25, 0.3) is 10.0 Å². The number of urea groups is 1. The lowest BCUT2D eigenvalue weighted by molar-refractivity contribution is -0.127. The van der Waals surface area contributed by atoms with Gasteiger partial charge in [0.15, 0.2) is 0 Å². The number of hydrogen-bond acceptors (Lipinski definition) is 4. The molecule has 0 N–H and O–H groups in total. The molecule has 2 fully saturated rings. The molecule has 2 aliphatic rings. The summed E-state index contributed by atoms with van der Waals surface area (Å²) >= 11 is 0. The normalized spacial score (nSPS) is 24.0. The van der Waals surface area contributed by atoms with E-state index in [1.807, 2.05) is 13.8 Å². The first-order valence-electron chi connectivity index (χ1n) is 7.58. The van der Waals surface area contributed by atoms with Crippen molar-refractivity contribution in [1.82, 2.24) is 9.21 Å². The molecule has 124 valence electrons. The van der Waals surface area contributed by atoms with Gasteiger partial charge in [0.2, 0.25) is 5.91 Å². The smallest absolute Gasteiger partial charge is 0.319 e. The summed E-state index contributed by atoms with van der Waals surface area (Å²) in [5.41, 5.74) is 0.403. The molecule has 1 atom stereocenters. The van der Waals surface area contributed by atoms with Crippen molar-refractivity contribution in [2.75, 3.05) is 6.54 Å². The van der Waals surface area contributed by atoms with E-state index in [0.717, 1.165) is 0 Å². The van der Waals surface area contributed by atoms with Gasteiger partial charge in [-0.1, -0.05) is 32.0 Å². The first kappa shape index (κ1) is 16.0. The number of nitrogens with zero attached hydrogens (tertiary/aromatic N) is 2. The summed E-state index contributed by atoms with van der Waals surface area (Å²) in [6, 6.07) is 5.44. The van der Waals surface area contributed by atoms with Crippen LogP contribution in [0.2, 0.25) is 0 Å². The third-order valence-corrected chi connectivity index (χ3v) is 6.35. The number of carbonyl (C=O) groups excluding carboxylic acids is 2. The van der Waals surface area contributed by atoms with E-state index in [2.05, 4.69) is 0 Å². The van der Waals surface area contributed by atoms with Crippen LogP contribution in [0.1, 0.15) is 32.3 Å². The highest BCUT2D eigenvalue weighted by Gasteiger charge is 2.51. The van der Waals surface area contributed by atoms with Crippen LogP contribution in [-0.4, -0.2) is 42.1 Å². The lowest BCUT2D eigenvalue weighted by atomic mass is 9.90. The molecule has 2 saturated heterocycles. The van der Waals surface area contributed by atoms with Gasteiger partial charge in [-0.05, 0) is 30.4 Å². The van der Waals surface area contributed by atoms with Crippen LogP contribution in [0.25, 0.3) is 0 Å². The molecule has 7 heteroatoms. The number of imide groups is 1. The molecular weight excluding hydrogens is 316 g/mol. The first-order chi connectivity index (χ1) is 10.6. The molecule has 0 radical (unpaired) electrons. The van der Waals surface area contributed by atoms with Gasteiger partial charge in [0.05, 0.1) is 4.90 Å². The Kier molecular flexibility index (Phi) is 3.51. The number of aryl methyl sites for hydroxylation is 1. The van der Waals surface area contributed by atoms with Crippen molar-refractivity contribution in [2.24, 2.45) is 5.41 Å². The molecule has 3 amide bonds. The third kappa shape index (κ3) is 2.52. The summed E-state index contributed by atoms with van der Waals surface area (Å²) in [6.45, 7) is 6.14. The Balaban J connectivity index is 2.02. The molecule has 1 aromatic rings. The average Bonchev–Trinajstić information content (AvgIpc) is 2.73. The highest BCUT2D eigenvalue weighted by Crippen LogP contribution is 2.39. The highest BCUT2D eigenvalue weighted by molar-refractivity contribution is 7.90. The predicted molar refractivity (Wildman–Crippen MR) is 84.1 cm³/mol. The van der Waals surface area contributed by atoms with Gasteiger partial charge in [-0.25, -0.2) is 13.2 Å². The molecule has 2 heterocycles. The van der Waals surface area contributed by atoms with Crippen molar-refractivity contribution in [2.45, 2.75) is 44.6 Å². The van der Waals surface area contributed by atoms with Gasteiger partial charge < -0.3 is 4.90 Å². The molecule has 6 nitrogen and oxygen atoms in total. The number of rotatable bonds is 2. The molecule has 0 aliphatic carbocycles. The largest absolute Gasteiger partial charge is 0.341 e. The summed E-state index contributed by atoms with van der Waals surface area (Å²) in [5, 5.41) is 0. The quantitative estimate of drug-likeness (QED) is 0.829. The molecule has 23 heavy (non-hydrogen) atoms. The number of hydrogen-bond donors (Lipinski definition) is 0. The maximum atomic E-state index is 12.8. The van der Waals surface area contributed by atoms with Crippen molar-refractivity contribution >= 4 is 22.0 Å². The molecule has 0 saturated carbocycles. The summed E-state index contributed by atoms with van der Waals surface area (Å²) < 4.78 is 26.1. The SMILES string of the molecule is Cc1ccccc1S(=O)(=O)N1C(=O)CC2CC(C)(C)CN2C1=O. The van der Waals surface area contributed by atoms with E-state index >= 15 is 0 Å². The molecule has 1 aromatic carbocycles. The fourth-order valence-corrected chi connectivity index (χ4v) is 5.07. The molecule has 2 aliphatic heterocycles. The van der Waals surface area contributed by atoms with E-state index in [-0.39, 0.29) is 22.8 Å². The molecular formula is C16H20N2O4S. The zero-order valence-electron chi connectivity index (χ0n) is 13.4. The van der Waals surface area contributed by atoms with Crippen LogP contribution in [0.4, 0.5) is 4.79 Å². The second-order valence-corrected chi connectivity index (χ2v) is 8.82. The first-order valence-corrected chi connectivity index (χ1v) is 9.02. The van der Waals surface area contributed by atoms with E-state index < -0.39 is 22.0 Å². The summed E-state index contributed by atoms with van der Waals surface area (Å²) in [5.74, 6) is -0.641. The van der Waals surface area contributed by atoms with Gasteiger partial charge in [-0.3, -0.25) is 4.79 Å². The number of carbonyl (C=O) groups is 2. The molecule has 0 bridgehead atoms. The van der Waals surface area contributed by atoms with Gasteiger partial charge in [0.1, 0.15) is 0 Å². The average molecular weight is 336 g/mol. The number of fused-ring (bicyclic) bond motifs is 1. The molecule has 3 rings (SSSR count). The lowest BCUT2D eigenvalue weighted by Gasteiger charge is -2.35.